The Bertz CT molecular complexity index is 555. The largest absolute Gasteiger partial charge is 0.355 e. The van der Waals surface area contributed by atoms with Crippen LogP contribution in [-0.4, -0.2) is 18.4 Å². The Morgan fingerprint density at radius 3 is 2.95 bits per heavy atom. The average molecular weight is 278 g/mol. The van der Waals surface area contributed by atoms with Gasteiger partial charge in [-0.3, -0.25) is 9.59 Å². The summed E-state index contributed by atoms with van der Waals surface area (Å²) in [4.78, 5) is 23.0. The van der Waals surface area contributed by atoms with Crippen molar-refractivity contribution < 1.29 is 9.59 Å². The Morgan fingerprint density at radius 2 is 2.32 bits per heavy atom. The maximum absolute atomic E-state index is 12.0. The lowest BCUT2D eigenvalue weighted by atomic mass is 9.98. The number of hydrogen-bond acceptors (Lipinski definition) is 3. The smallest absolute Gasteiger partial charge is 0.229 e. The molecule has 1 saturated heterocycles. The molecule has 6 heteroatoms. The number of benzene rings is 1. The Hall–Kier alpha value is -2.06. The molecule has 0 saturated carbocycles. The molecule has 1 aromatic carbocycles. The van der Waals surface area contributed by atoms with E-state index in [-0.39, 0.29) is 17.7 Å². The zero-order valence-corrected chi connectivity index (χ0v) is 10.8. The van der Waals surface area contributed by atoms with E-state index in [4.69, 9.17) is 16.9 Å². The van der Waals surface area contributed by atoms with E-state index in [9.17, 15) is 9.59 Å². The van der Waals surface area contributed by atoms with Gasteiger partial charge in [0, 0.05) is 18.7 Å². The molecule has 2 amide bonds. The summed E-state index contributed by atoms with van der Waals surface area (Å²) in [5, 5.41) is 14.6. The number of nitrogens with zero attached hydrogens (tertiary/aromatic N) is 1. The lowest BCUT2D eigenvalue weighted by Crippen LogP contribution is -2.40. The number of nitrogens with one attached hydrogen (secondary N) is 2. The summed E-state index contributed by atoms with van der Waals surface area (Å²) >= 11 is 5.81. The van der Waals surface area contributed by atoms with Crippen LogP contribution >= 0.6 is 11.6 Å². The highest BCUT2D eigenvalue weighted by atomic mass is 35.5. The number of carbonyl (C=O) groups is 2. The fourth-order valence-electron chi connectivity index (χ4n) is 1.89. The Kier molecular flexibility index (Phi) is 4.03. The van der Waals surface area contributed by atoms with Crippen molar-refractivity contribution in [2.75, 3.05) is 11.9 Å². The van der Waals surface area contributed by atoms with Crippen molar-refractivity contribution in [3.63, 3.8) is 0 Å². The van der Waals surface area contributed by atoms with Gasteiger partial charge in [0.15, 0.2) is 0 Å². The van der Waals surface area contributed by atoms with E-state index < -0.39 is 0 Å². The molecule has 0 aliphatic carbocycles. The van der Waals surface area contributed by atoms with Gasteiger partial charge in [-0.25, -0.2) is 0 Å². The third kappa shape index (κ3) is 3.24. The standard InChI is InChI=1S/C13H12ClN3O2/c14-11-3-2-10(5-9(11)6-15)17-13(19)8-1-4-12(18)16-7-8/h2-3,5,8H,1,4,7H2,(H,16,18)(H,17,19). The molecule has 0 radical (unpaired) electrons. The Labute approximate surface area is 115 Å². The molecule has 1 aliphatic heterocycles. The second kappa shape index (κ2) is 5.72. The molecule has 5 nitrogen and oxygen atoms in total. The lowest BCUT2D eigenvalue weighted by molar-refractivity contribution is -0.126. The summed E-state index contributed by atoms with van der Waals surface area (Å²) in [5.74, 6) is -0.424. The molecule has 1 heterocycles. The van der Waals surface area contributed by atoms with Gasteiger partial charge in [0.05, 0.1) is 16.5 Å². The highest BCUT2D eigenvalue weighted by Crippen LogP contribution is 2.21. The van der Waals surface area contributed by atoms with Gasteiger partial charge < -0.3 is 10.6 Å². The number of amides is 2. The van der Waals surface area contributed by atoms with Crippen molar-refractivity contribution in [2.24, 2.45) is 5.92 Å². The minimum absolute atomic E-state index is 0.0256. The maximum Gasteiger partial charge on any atom is 0.229 e. The highest BCUT2D eigenvalue weighted by Gasteiger charge is 2.24. The Balaban J connectivity index is 2.03. The van der Waals surface area contributed by atoms with Gasteiger partial charge in [-0.15, -0.1) is 0 Å². The van der Waals surface area contributed by atoms with Crippen molar-refractivity contribution in [1.29, 1.82) is 5.26 Å². The number of rotatable bonds is 2. The van der Waals surface area contributed by atoms with Crippen LogP contribution in [0.15, 0.2) is 18.2 Å². The van der Waals surface area contributed by atoms with Gasteiger partial charge in [0.1, 0.15) is 6.07 Å². The molecule has 1 atom stereocenters. The van der Waals surface area contributed by atoms with Crippen LogP contribution in [0.3, 0.4) is 0 Å². The van der Waals surface area contributed by atoms with Crippen molar-refractivity contribution in [3.05, 3.63) is 28.8 Å². The first-order valence-electron chi connectivity index (χ1n) is 5.87. The molecule has 19 heavy (non-hydrogen) atoms. The molecule has 1 aliphatic rings. The molecule has 2 N–H and O–H groups in total. The molecule has 0 aromatic heterocycles. The summed E-state index contributed by atoms with van der Waals surface area (Å²) in [6.07, 6.45) is 0.901. The van der Waals surface area contributed by atoms with Crippen LogP contribution in [0.5, 0.6) is 0 Å². The first kappa shape index (κ1) is 13.4. The van der Waals surface area contributed by atoms with Gasteiger partial charge in [-0.2, -0.15) is 5.26 Å². The second-order valence-corrected chi connectivity index (χ2v) is 4.74. The molecule has 2 rings (SSSR count). The molecule has 0 bridgehead atoms. The monoisotopic (exact) mass is 277 g/mol. The van der Waals surface area contributed by atoms with Crippen LogP contribution < -0.4 is 10.6 Å². The number of carbonyl (C=O) groups excluding carboxylic acids is 2. The highest BCUT2D eigenvalue weighted by molar-refractivity contribution is 6.31. The van der Waals surface area contributed by atoms with Crippen LogP contribution in [0.2, 0.25) is 5.02 Å². The minimum Gasteiger partial charge on any atom is -0.355 e. The third-order valence-corrected chi connectivity index (χ3v) is 3.32. The number of anilines is 1. The van der Waals surface area contributed by atoms with Gasteiger partial charge in [-0.05, 0) is 24.6 Å². The van der Waals surface area contributed by atoms with E-state index >= 15 is 0 Å². The zero-order chi connectivity index (χ0) is 13.8. The van der Waals surface area contributed by atoms with Crippen molar-refractivity contribution in [2.45, 2.75) is 12.8 Å². The van der Waals surface area contributed by atoms with E-state index in [2.05, 4.69) is 10.6 Å². The van der Waals surface area contributed by atoms with Crippen LogP contribution in [0.4, 0.5) is 5.69 Å². The van der Waals surface area contributed by atoms with Crippen LogP contribution in [0.25, 0.3) is 0 Å². The summed E-state index contributed by atoms with van der Waals surface area (Å²) < 4.78 is 0. The number of piperidine rings is 1. The van der Waals surface area contributed by atoms with Crippen LogP contribution in [0.1, 0.15) is 18.4 Å². The van der Waals surface area contributed by atoms with Crippen LogP contribution in [-0.2, 0) is 9.59 Å². The van der Waals surface area contributed by atoms with Gasteiger partial charge >= 0.3 is 0 Å². The zero-order valence-electron chi connectivity index (χ0n) is 10.1. The fraction of sp³-hybridized carbons (Fsp3) is 0.308. The minimum atomic E-state index is -0.237. The summed E-state index contributed by atoms with van der Waals surface area (Å²) in [5.41, 5.74) is 0.847. The Morgan fingerprint density at radius 1 is 1.53 bits per heavy atom. The summed E-state index contributed by atoms with van der Waals surface area (Å²) in [7, 11) is 0. The summed E-state index contributed by atoms with van der Waals surface area (Å²) in [6.45, 7) is 0.351. The fourth-order valence-corrected chi connectivity index (χ4v) is 2.05. The first-order valence-corrected chi connectivity index (χ1v) is 6.25. The van der Waals surface area contributed by atoms with E-state index in [1.807, 2.05) is 6.07 Å². The topological polar surface area (TPSA) is 82.0 Å². The number of hydrogen-bond donors (Lipinski definition) is 2. The third-order valence-electron chi connectivity index (χ3n) is 2.99. The summed E-state index contributed by atoms with van der Waals surface area (Å²) in [6, 6.07) is 6.69. The van der Waals surface area contributed by atoms with Gasteiger partial charge in [-0.1, -0.05) is 11.6 Å². The van der Waals surface area contributed by atoms with Gasteiger partial charge in [0.25, 0.3) is 0 Å². The average Bonchev–Trinajstić information content (AvgIpc) is 2.41. The van der Waals surface area contributed by atoms with Crippen LogP contribution in [0, 0.1) is 17.2 Å². The molecular formula is C13H12ClN3O2. The van der Waals surface area contributed by atoms with E-state index in [1.54, 1.807) is 12.1 Å². The quantitative estimate of drug-likeness (QED) is 0.863. The van der Waals surface area contributed by atoms with Crippen molar-refractivity contribution in [3.8, 4) is 6.07 Å². The van der Waals surface area contributed by atoms with E-state index in [0.29, 0.717) is 35.7 Å². The normalized spacial score (nSPS) is 18.3. The molecule has 1 fully saturated rings. The molecule has 98 valence electrons. The number of nitriles is 1. The molecular weight excluding hydrogens is 266 g/mol. The first-order chi connectivity index (χ1) is 9.10. The predicted octanol–water partition coefficient (Wildman–Crippen LogP) is 1.68. The number of halogens is 1. The SMILES string of the molecule is N#Cc1cc(NC(=O)C2CCC(=O)NC2)ccc1Cl. The van der Waals surface area contributed by atoms with Crippen molar-refractivity contribution >= 4 is 29.1 Å². The predicted molar refractivity (Wildman–Crippen MR) is 70.5 cm³/mol. The maximum atomic E-state index is 12.0. The molecule has 1 aromatic rings. The van der Waals surface area contributed by atoms with E-state index in [1.165, 1.54) is 6.07 Å². The van der Waals surface area contributed by atoms with E-state index in [0.717, 1.165) is 0 Å². The molecule has 0 spiro atoms. The lowest BCUT2D eigenvalue weighted by Gasteiger charge is -2.21. The second-order valence-electron chi connectivity index (χ2n) is 4.34. The molecule has 1 unspecified atom stereocenters. The van der Waals surface area contributed by atoms with Crippen molar-refractivity contribution in [1.82, 2.24) is 5.32 Å². The van der Waals surface area contributed by atoms with Gasteiger partial charge in [0.2, 0.25) is 11.8 Å².